The summed E-state index contributed by atoms with van der Waals surface area (Å²) in [6.07, 6.45) is 3.69. The summed E-state index contributed by atoms with van der Waals surface area (Å²) in [5.74, 6) is 0.804. The molecule has 1 aromatic carbocycles. The first-order chi connectivity index (χ1) is 10.9. The number of nitrogens with zero attached hydrogens (tertiary/aromatic N) is 4. The summed E-state index contributed by atoms with van der Waals surface area (Å²) >= 11 is 0. The fraction of sp³-hybridized carbons (Fsp3) is 0.294. The zero-order chi connectivity index (χ0) is 14.8. The molecule has 22 heavy (non-hydrogen) atoms. The number of benzene rings is 1. The second kappa shape index (κ2) is 5.77. The zero-order valence-corrected chi connectivity index (χ0v) is 12.4. The minimum Gasteiger partial charge on any atom is -0.439 e. The highest BCUT2D eigenvalue weighted by atomic mass is 16.3. The van der Waals surface area contributed by atoms with Crippen molar-refractivity contribution in [2.75, 3.05) is 31.1 Å². The highest BCUT2D eigenvalue weighted by molar-refractivity contribution is 5.72. The van der Waals surface area contributed by atoms with Crippen LogP contribution < -0.4 is 4.90 Å². The van der Waals surface area contributed by atoms with Crippen LogP contribution in [0.15, 0.2) is 53.2 Å². The number of hydrogen-bond donors (Lipinski definition) is 0. The van der Waals surface area contributed by atoms with Crippen LogP contribution in [0.25, 0.3) is 11.1 Å². The van der Waals surface area contributed by atoms with E-state index in [1.807, 2.05) is 36.7 Å². The molecule has 5 nitrogen and oxygen atoms in total. The molecule has 112 valence electrons. The highest BCUT2D eigenvalue weighted by Gasteiger charge is 2.19. The monoisotopic (exact) mass is 294 g/mol. The van der Waals surface area contributed by atoms with Crippen molar-refractivity contribution in [2.45, 2.75) is 6.54 Å². The summed E-state index contributed by atoms with van der Waals surface area (Å²) in [4.78, 5) is 13.4. The van der Waals surface area contributed by atoms with Crippen LogP contribution in [0.2, 0.25) is 0 Å². The lowest BCUT2D eigenvalue weighted by atomic mass is 10.2. The maximum atomic E-state index is 5.81. The van der Waals surface area contributed by atoms with E-state index in [1.165, 1.54) is 5.69 Å². The van der Waals surface area contributed by atoms with Crippen LogP contribution in [0.5, 0.6) is 0 Å². The van der Waals surface area contributed by atoms with E-state index in [2.05, 4.69) is 31.9 Å². The Morgan fingerprint density at radius 2 is 1.73 bits per heavy atom. The van der Waals surface area contributed by atoms with Crippen LogP contribution in [-0.4, -0.2) is 41.0 Å². The molecule has 0 saturated carbocycles. The Bertz CT molecular complexity index is 714. The van der Waals surface area contributed by atoms with E-state index < -0.39 is 0 Å². The quantitative estimate of drug-likeness (QED) is 0.743. The van der Waals surface area contributed by atoms with Crippen molar-refractivity contribution in [3.8, 4) is 0 Å². The first-order valence-electron chi connectivity index (χ1n) is 7.60. The Morgan fingerprint density at radius 1 is 0.955 bits per heavy atom. The summed E-state index contributed by atoms with van der Waals surface area (Å²) in [6, 6.07) is 12.1. The number of rotatable bonds is 3. The average molecular weight is 294 g/mol. The highest BCUT2D eigenvalue weighted by Crippen LogP contribution is 2.18. The minimum absolute atomic E-state index is 0.777. The molecular weight excluding hydrogens is 276 g/mol. The molecule has 3 heterocycles. The summed E-state index contributed by atoms with van der Waals surface area (Å²) in [6.45, 7) is 4.84. The fourth-order valence-corrected chi connectivity index (χ4v) is 2.90. The summed E-state index contributed by atoms with van der Waals surface area (Å²) in [7, 11) is 0. The van der Waals surface area contributed by atoms with Crippen molar-refractivity contribution >= 4 is 16.8 Å². The van der Waals surface area contributed by atoms with Crippen LogP contribution in [0.1, 0.15) is 5.89 Å². The summed E-state index contributed by atoms with van der Waals surface area (Å²) < 4.78 is 5.81. The average Bonchev–Trinajstić information content (AvgIpc) is 2.98. The summed E-state index contributed by atoms with van der Waals surface area (Å²) in [5, 5.41) is 0. The van der Waals surface area contributed by atoms with Crippen molar-refractivity contribution in [1.29, 1.82) is 0 Å². The number of fused-ring (bicyclic) bond motifs is 1. The van der Waals surface area contributed by atoms with Gasteiger partial charge in [-0.15, -0.1) is 0 Å². The summed E-state index contributed by atoms with van der Waals surface area (Å²) in [5.41, 5.74) is 3.05. The first kappa shape index (κ1) is 13.3. The smallest absolute Gasteiger partial charge is 0.209 e. The minimum atomic E-state index is 0.777. The van der Waals surface area contributed by atoms with Crippen LogP contribution in [-0.2, 0) is 6.54 Å². The normalized spacial score (nSPS) is 16.3. The van der Waals surface area contributed by atoms with Gasteiger partial charge in [-0.3, -0.25) is 9.88 Å². The molecule has 0 spiro atoms. The maximum Gasteiger partial charge on any atom is 0.209 e. The van der Waals surface area contributed by atoms with E-state index in [-0.39, 0.29) is 0 Å². The molecule has 0 atom stereocenters. The molecule has 0 aliphatic carbocycles. The molecule has 1 aliphatic heterocycles. The Labute approximate surface area is 129 Å². The Balaban J connectivity index is 1.39. The third-order valence-corrected chi connectivity index (χ3v) is 4.10. The van der Waals surface area contributed by atoms with Gasteiger partial charge in [-0.1, -0.05) is 12.1 Å². The predicted octanol–water partition coefficient (Wildman–Crippen LogP) is 2.55. The third-order valence-electron chi connectivity index (χ3n) is 4.10. The van der Waals surface area contributed by atoms with Gasteiger partial charge in [0, 0.05) is 44.3 Å². The lowest BCUT2D eigenvalue weighted by molar-refractivity contribution is 0.228. The van der Waals surface area contributed by atoms with Gasteiger partial charge >= 0.3 is 0 Å². The van der Waals surface area contributed by atoms with Gasteiger partial charge in [-0.05, 0) is 24.3 Å². The van der Waals surface area contributed by atoms with Gasteiger partial charge in [-0.25, -0.2) is 4.98 Å². The predicted molar refractivity (Wildman–Crippen MR) is 85.7 cm³/mol. The Morgan fingerprint density at radius 3 is 2.50 bits per heavy atom. The molecule has 3 aromatic rings. The molecule has 1 saturated heterocycles. The number of piperazine rings is 1. The van der Waals surface area contributed by atoms with Gasteiger partial charge in [0.15, 0.2) is 5.58 Å². The molecule has 0 N–H and O–H groups in total. The second-order valence-corrected chi connectivity index (χ2v) is 5.54. The van der Waals surface area contributed by atoms with E-state index in [1.54, 1.807) is 0 Å². The van der Waals surface area contributed by atoms with E-state index in [4.69, 9.17) is 4.42 Å². The lowest BCUT2D eigenvalue weighted by Crippen LogP contribution is -2.46. The fourth-order valence-electron chi connectivity index (χ4n) is 2.90. The third kappa shape index (κ3) is 2.67. The van der Waals surface area contributed by atoms with E-state index >= 15 is 0 Å². The standard InChI is InChI=1S/C17H18N4O/c1-2-4-16-15(3-1)19-17(22-16)13-20-9-11-21(12-10-20)14-5-7-18-8-6-14/h1-8H,9-13H2. The maximum absolute atomic E-state index is 5.81. The van der Waals surface area contributed by atoms with Crippen molar-refractivity contribution in [3.05, 3.63) is 54.7 Å². The molecule has 2 aromatic heterocycles. The molecular formula is C17H18N4O. The second-order valence-electron chi connectivity index (χ2n) is 5.54. The van der Waals surface area contributed by atoms with Crippen LogP contribution >= 0.6 is 0 Å². The number of anilines is 1. The molecule has 1 fully saturated rings. The molecule has 0 radical (unpaired) electrons. The van der Waals surface area contributed by atoms with E-state index in [0.29, 0.717) is 0 Å². The van der Waals surface area contributed by atoms with Crippen LogP contribution in [0, 0.1) is 0 Å². The van der Waals surface area contributed by atoms with Crippen molar-refractivity contribution in [1.82, 2.24) is 14.9 Å². The van der Waals surface area contributed by atoms with Gasteiger partial charge in [-0.2, -0.15) is 0 Å². The van der Waals surface area contributed by atoms with Crippen LogP contribution in [0.4, 0.5) is 5.69 Å². The van der Waals surface area contributed by atoms with Crippen LogP contribution in [0.3, 0.4) is 0 Å². The van der Waals surface area contributed by atoms with Gasteiger partial charge in [0.05, 0.1) is 6.54 Å². The first-order valence-corrected chi connectivity index (χ1v) is 7.60. The number of oxazole rings is 1. The largest absolute Gasteiger partial charge is 0.439 e. The van der Waals surface area contributed by atoms with Gasteiger partial charge in [0.25, 0.3) is 0 Å². The molecule has 0 unspecified atom stereocenters. The van der Waals surface area contributed by atoms with Gasteiger partial charge in [0.1, 0.15) is 5.52 Å². The number of pyridine rings is 1. The van der Waals surface area contributed by atoms with Crippen molar-refractivity contribution in [2.24, 2.45) is 0 Å². The molecule has 1 aliphatic rings. The molecule has 4 rings (SSSR count). The van der Waals surface area contributed by atoms with Crippen molar-refractivity contribution in [3.63, 3.8) is 0 Å². The lowest BCUT2D eigenvalue weighted by Gasteiger charge is -2.35. The van der Waals surface area contributed by atoms with E-state index in [0.717, 1.165) is 49.7 Å². The number of para-hydroxylation sites is 2. The van der Waals surface area contributed by atoms with Crippen molar-refractivity contribution < 1.29 is 4.42 Å². The number of hydrogen-bond acceptors (Lipinski definition) is 5. The topological polar surface area (TPSA) is 45.4 Å². The SMILES string of the molecule is c1ccc2oc(CN3CCN(c4ccncc4)CC3)nc2c1. The van der Waals surface area contributed by atoms with E-state index in [9.17, 15) is 0 Å². The van der Waals surface area contributed by atoms with Gasteiger partial charge < -0.3 is 9.32 Å². The Hall–Kier alpha value is -2.40. The zero-order valence-electron chi connectivity index (χ0n) is 12.4. The van der Waals surface area contributed by atoms with Gasteiger partial charge in [0.2, 0.25) is 5.89 Å². The Kier molecular flexibility index (Phi) is 3.48. The molecule has 0 bridgehead atoms. The number of aromatic nitrogens is 2. The molecule has 0 amide bonds. The molecule has 5 heteroatoms.